The monoisotopic (exact) mass is 275 g/mol. The Morgan fingerprint density at radius 1 is 1.33 bits per heavy atom. The molecular weight excluding hydrogens is 263 g/mol. The molecule has 0 N–H and O–H groups in total. The minimum atomic E-state index is -0.000950. The molecule has 0 unspecified atom stereocenters. The fourth-order valence-electron chi connectivity index (χ4n) is 0.820. The van der Waals surface area contributed by atoms with Crippen molar-refractivity contribution in [3.05, 3.63) is 38.0 Å². The molecule has 0 aliphatic carbocycles. The second-order valence-electron chi connectivity index (χ2n) is 2.43. The molecule has 0 spiro atoms. The van der Waals surface area contributed by atoms with Crippen molar-refractivity contribution in [3.8, 4) is 5.75 Å². The van der Waals surface area contributed by atoms with Gasteiger partial charge in [-0.2, -0.15) is 0 Å². The number of methoxy groups -OCH3 is 1. The summed E-state index contributed by atoms with van der Waals surface area (Å²) in [4.78, 5) is 0. The van der Waals surface area contributed by atoms with Crippen LogP contribution in [-0.4, -0.2) is 7.11 Å². The molecule has 2 heteroatoms. The third-order valence-electron chi connectivity index (χ3n) is 1.32. The van der Waals surface area contributed by atoms with Crippen LogP contribution < -0.4 is 25.9 Å². The molecule has 0 aliphatic heterocycles. The quantitative estimate of drug-likeness (QED) is 0.675. The molecule has 0 saturated heterocycles. The molecule has 0 amide bonds. The van der Waals surface area contributed by atoms with Crippen LogP contribution in [0, 0.1) is 3.57 Å². The Kier molecular flexibility index (Phi) is 3.59. The number of benzene rings is 1. The molecule has 1 aromatic rings. The molecule has 0 saturated carbocycles. The predicted molar refractivity (Wildman–Crippen MR) is 46.5 cm³/mol. The van der Waals surface area contributed by atoms with Gasteiger partial charge in [-0.05, 0) is 0 Å². The Morgan fingerprint density at radius 2 is 1.92 bits per heavy atom. The van der Waals surface area contributed by atoms with Crippen LogP contribution in [0.1, 0.15) is 6.92 Å². The number of ether oxygens (including phenoxy) is 1. The van der Waals surface area contributed by atoms with E-state index < -0.39 is 0 Å². The molecule has 0 bridgehead atoms. The van der Waals surface area contributed by atoms with Gasteiger partial charge in [0.25, 0.3) is 0 Å². The molecular formula is C10H12IO-. The first kappa shape index (κ1) is 9.58. The van der Waals surface area contributed by atoms with Gasteiger partial charge in [-0.15, -0.1) is 0 Å². The van der Waals surface area contributed by atoms with Crippen molar-refractivity contribution in [1.29, 1.82) is 0 Å². The van der Waals surface area contributed by atoms with E-state index in [1.807, 2.05) is 12.1 Å². The fraction of sp³-hybridized carbons (Fsp3) is 0.200. The summed E-state index contributed by atoms with van der Waals surface area (Å²) >= 11 is -0.000950. The van der Waals surface area contributed by atoms with Crippen LogP contribution >= 0.6 is 0 Å². The van der Waals surface area contributed by atoms with E-state index in [0.29, 0.717) is 0 Å². The van der Waals surface area contributed by atoms with Gasteiger partial charge in [0.15, 0.2) is 0 Å². The van der Waals surface area contributed by atoms with Gasteiger partial charge in [0.1, 0.15) is 0 Å². The van der Waals surface area contributed by atoms with E-state index >= 15 is 0 Å². The second-order valence-corrected chi connectivity index (χ2v) is 6.06. The molecule has 0 radical (unpaired) electrons. The van der Waals surface area contributed by atoms with Crippen LogP contribution in [0.2, 0.25) is 0 Å². The fourth-order valence-corrected chi connectivity index (χ4v) is 2.60. The zero-order valence-electron chi connectivity index (χ0n) is 7.30. The molecule has 0 aliphatic rings. The number of rotatable bonds is 3. The molecule has 1 nitrogen and oxygen atoms in total. The molecule has 0 atom stereocenters. The SMILES string of the molecule is C=C(C)[I-]c1ccc(OC)cc1. The van der Waals surface area contributed by atoms with E-state index in [0.717, 1.165) is 5.75 Å². The van der Waals surface area contributed by atoms with Gasteiger partial charge < -0.3 is 0 Å². The Labute approximate surface area is 83.7 Å². The van der Waals surface area contributed by atoms with Gasteiger partial charge in [-0.1, -0.05) is 0 Å². The number of hydrogen-bond donors (Lipinski definition) is 0. The molecule has 1 rings (SSSR count). The van der Waals surface area contributed by atoms with Crippen LogP contribution in [0.15, 0.2) is 34.4 Å². The molecule has 66 valence electrons. The average molecular weight is 275 g/mol. The first-order valence-electron chi connectivity index (χ1n) is 3.67. The summed E-state index contributed by atoms with van der Waals surface area (Å²) < 4.78 is 7.75. The Balaban J connectivity index is 2.71. The normalized spacial score (nSPS) is 9.83. The van der Waals surface area contributed by atoms with Gasteiger partial charge in [0, 0.05) is 0 Å². The van der Waals surface area contributed by atoms with Crippen LogP contribution in [-0.2, 0) is 0 Å². The minimum absolute atomic E-state index is 0.000950. The van der Waals surface area contributed by atoms with Crippen LogP contribution in [0.25, 0.3) is 0 Å². The zero-order chi connectivity index (χ0) is 8.97. The van der Waals surface area contributed by atoms with E-state index in [1.165, 1.54) is 7.15 Å². The second kappa shape index (κ2) is 4.50. The van der Waals surface area contributed by atoms with Gasteiger partial charge in [0.2, 0.25) is 0 Å². The van der Waals surface area contributed by atoms with Crippen molar-refractivity contribution < 1.29 is 25.9 Å². The summed E-state index contributed by atoms with van der Waals surface area (Å²) in [5, 5.41) is 0. The standard InChI is InChI=1S/C10H12IO/c1-8(2)11-9-4-6-10(12-3)7-5-9/h4-7H,1H2,2-3H3/q-1. The summed E-state index contributed by atoms with van der Waals surface area (Å²) in [7, 11) is 1.68. The van der Waals surface area contributed by atoms with E-state index in [-0.39, 0.29) is 21.2 Å². The molecule has 1 aromatic carbocycles. The van der Waals surface area contributed by atoms with Crippen molar-refractivity contribution in [2.24, 2.45) is 0 Å². The molecule has 0 aromatic heterocycles. The number of halogens is 1. The third kappa shape index (κ3) is 2.85. The van der Waals surface area contributed by atoms with Crippen molar-refractivity contribution in [1.82, 2.24) is 0 Å². The maximum absolute atomic E-state index is 5.06. The first-order chi connectivity index (χ1) is 5.72. The summed E-state index contributed by atoms with van der Waals surface area (Å²) in [6.07, 6.45) is 0. The van der Waals surface area contributed by atoms with Gasteiger partial charge in [-0.25, -0.2) is 0 Å². The summed E-state index contributed by atoms with van der Waals surface area (Å²) in [6.45, 7) is 5.99. The first-order valence-corrected chi connectivity index (χ1v) is 5.82. The van der Waals surface area contributed by atoms with Crippen molar-refractivity contribution in [2.45, 2.75) is 6.92 Å². The van der Waals surface area contributed by atoms with Gasteiger partial charge in [-0.3, -0.25) is 0 Å². The van der Waals surface area contributed by atoms with E-state index in [1.54, 1.807) is 7.11 Å². The van der Waals surface area contributed by atoms with Crippen LogP contribution in [0.5, 0.6) is 5.75 Å². The van der Waals surface area contributed by atoms with Crippen LogP contribution in [0.4, 0.5) is 0 Å². The van der Waals surface area contributed by atoms with Gasteiger partial charge in [0.05, 0.1) is 0 Å². The Hall–Kier alpha value is -0.510. The van der Waals surface area contributed by atoms with Crippen molar-refractivity contribution in [3.63, 3.8) is 0 Å². The number of hydrogen-bond acceptors (Lipinski definition) is 1. The molecule has 12 heavy (non-hydrogen) atoms. The Morgan fingerprint density at radius 3 is 2.33 bits per heavy atom. The number of allylic oxidation sites excluding steroid dienone is 1. The summed E-state index contributed by atoms with van der Waals surface area (Å²) in [5.74, 6) is 0.921. The van der Waals surface area contributed by atoms with E-state index in [4.69, 9.17) is 4.74 Å². The third-order valence-corrected chi connectivity index (χ3v) is 3.58. The summed E-state index contributed by atoms with van der Waals surface area (Å²) in [5.41, 5.74) is 0. The van der Waals surface area contributed by atoms with E-state index in [2.05, 4.69) is 25.6 Å². The van der Waals surface area contributed by atoms with Crippen molar-refractivity contribution >= 4 is 0 Å². The Bertz CT molecular complexity index is 264. The predicted octanol–water partition coefficient (Wildman–Crippen LogP) is -0.513. The zero-order valence-corrected chi connectivity index (χ0v) is 9.46. The average Bonchev–Trinajstić information content (AvgIpc) is 2.05. The van der Waals surface area contributed by atoms with Crippen molar-refractivity contribution in [2.75, 3.05) is 7.11 Å². The molecule has 0 heterocycles. The van der Waals surface area contributed by atoms with Crippen LogP contribution in [0.3, 0.4) is 0 Å². The topological polar surface area (TPSA) is 9.23 Å². The molecule has 0 fully saturated rings. The maximum atomic E-state index is 5.06. The van der Waals surface area contributed by atoms with E-state index in [9.17, 15) is 0 Å². The van der Waals surface area contributed by atoms with Gasteiger partial charge >= 0.3 is 83.7 Å². The summed E-state index contributed by atoms with van der Waals surface area (Å²) in [6, 6.07) is 8.22.